The van der Waals surface area contributed by atoms with Gasteiger partial charge in [-0.15, -0.1) is 0 Å². The van der Waals surface area contributed by atoms with E-state index in [2.05, 4.69) is 5.32 Å². The third kappa shape index (κ3) is 6.06. The molecule has 2 aromatic carbocycles. The van der Waals surface area contributed by atoms with Crippen molar-refractivity contribution in [3.05, 3.63) is 59.1 Å². The predicted octanol–water partition coefficient (Wildman–Crippen LogP) is 1.66. The zero-order valence-corrected chi connectivity index (χ0v) is 15.5. The average Bonchev–Trinajstić information content (AvgIpc) is 2.63. The molecule has 138 valence electrons. The second kappa shape index (κ2) is 9.79. The first-order valence-electron chi connectivity index (χ1n) is 8.16. The number of methoxy groups -OCH3 is 1. The average molecular weight is 378 g/mol. The number of hydrogen-bond donors (Lipinski definition) is 2. The first kappa shape index (κ1) is 19.8. The van der Waals surface area contributed by atoms with Gasteiger partial charge in [-0.1, -0.05) is 23.7 Å². The van der Waals surface area contributed by atoms with Crippen LogP contribution in [0.4, 0.5) is 5.69 Å². The lowest BCUT2D eigenvalue weighted by Gasteiger charge is -2.15. The molecule has 0 spiro atoms. The Morgan fingerprint density at radius 2 is 1.81 bits per heavy atom. The molecular weight excluding hydrogens is 356 g/mol. The van der Waals surface area contributed by atoms with E-state index in [1.165, 1.54) is 7.11 Å². The molecule has 2 aromatic rings. The molecule has 0 heterocycles. The topological polar surface area (TPSA) is 69.1 Å². The summed E-state index contributed by atoms with van der Waals surface area (Å²) in [7, 11) is 3.20. The van der Waals surface area contributed by atoms with Gasteiger partial charge in [0.05, 0.1) is 25.4 Å². The van der Waals surface area contributed by atoms with Crippen LogP contribution in [0.15, 0.2) is 48.5 Å². The maximum Gasteiger partial charge on any atom is 0.339 e. The predicted molar refractivity (Wildman–Crippen MR) is 100.0 cm³/mol. The molecule has 2 rings (SSSR count). The van der Waals surface area contributed by atoms with Gasteiger partial charge in [0.1, 0.15) is 18.9 Å². The molecule has 1 amide bonds. The molecule has 26 heavy (non-hydrogen) atoms. The number of hydrogen-bond acceptors (Lipinski definition) is 4. The van der Waals surface area contributed by atoms with Crippen molar-refractivity contribution >= 4 is 29.2 Å². The first-order valence-corrected chi connectivity index (χ1v) is 8.54. The second-order valence-electron chi connectivity index (χ2n) is 5.77. The van der Waals surface area contributed by atoms with E-state index in [1.807, 2.05) is 7.05 Å². The van der Waals surface area contributed by atoms with Gasteiger partial charge in [-0.05, 0) is 36.4 Å². The Hall–Kier alpha value is -2.57. The minimum Gasteiger partial charge on any atom is -0.488 e. The highest BCUT2D eigenvalue weighted by Crippen LogP contribution is 2.16. The van der Waals surface area contributed by atoms with E-state index < -0.39 is 5.97 Å². The minimum atomic E-state index is -0.488. The molecule has 1 atom stereocenters. The standard InChI is InChI=1S/C19H21ClN2O4/c1-22(11-12-26-15-9-7-14(20)8-10-15)13-18(23)21-17-6-4-3-5-16(17)19(24)25-2/h3-10H,11-13H2,1-2H3,(H,21,23)/p+1. The van der Waals surface area contributed by atoms with Crippen LogP contribution in [0.1, 0.15) is 10.4 Å². The summed E-state index contributed by atoms with van der Waals surface area (Å²) in [6.07, 6.45) is 0. The molecule has 0 aromatic heterocycles. The summed E-state index contributed by atoms with van der Waals surface area (Å²) < 4.78 is 10.3. The Kier molecular flexibility index (Phi) is 7.44. The van der Waals surface area contributed by atoms with E-state index in [4.69, 9.17) is 21.1 Å². The lowest BCUT2D eigenvalue weighted by molar-refractivity contribution is -0.871. The van der Waals surface area contributed by atoms with Crippen LogP contribution in [-0.2, 0) is 9.53 Å². The third-order valence-corrected chi connectivity index (χ3v) is 3.93. The quantitative estimate of drug-likeness (QED) is 0.686. The number of benzene rings is 2. The zero-order chi connectivity index (χ0) is 18.9. The Balaban J connectivity index is 1.80. The smallest absolute Gasteiger partial charge is 0.339 e. The molecule has 0 fully saturated rings. The van der Waals surface area contributed by atoms with Gasteiger partial charge in [0.25, 0.3) is 5.91 Å². The van der Waals surface area contributed by atoms with Gasteiger partial charge in [0.15, 0.2) is 6.54 Å². The van der Waals surface area contributed by atoms with Gasteiger partial charge < -0.3 is 19.7 Å². The molecule has 0 radical (unpaired) electrons. The van der Waals surface area contributed by atoms with Crippen LogP contribution < -0.4 is 15.0 Å². The van der Waals surface area contributed by atoms with E-state index in [0.717, 1.165) is 10.6 Å². The highest BCUT2D eigenvalue weighted by Gasteiger charge is 2.15. The fourth-order valence-corrected chi connectivity index (χ4v) is 2.44. The molecule has 0 saturated carbocycles. The molecule has 0 aliphatic carbocycles. The third-order valence-electron chi connectivity index (χ3n) is 3.68. The van der Waals surface area contributed by atoms with Gasteiger partial charge in [-0.2, -0.15) is 0 Å². The van der Waals surface area contributed by atoms with Crippen LogP contribution in [-0.4, -0.2) is 45.7 Å². The number of carbonyl (C=O) groups is 2. The summed E-state index contributed by atoms with van der Waals surface area (Å²) in [4.78, 5) is 24.9. The van der Waals surface area contributed by atoms with Crippen LogP contribution in [0.25, 0.3) is 0 Å². The minimum absolute atomic E-state index is 0.189. The van der Waals surface area contributed by atoms with Crippen molar-refractivity contribution in [3.63, 3.8) is 0 Å². The number of esters is 1. The van der Waals surface area contributed by atoms with Crippen molar-refractivity contribution in [2.45, 2.75) is 0 Å². The number of amides is 1. The van der Waals surface area contributed by atoms with Gasteiger partial charge in [-0.25, -0.2) is 4.79 Å². The van der Waals surface area contributed by atoms with Gasteiger partial charge in [0.2, 0.25) is 0 Å². The monoisotopic (exact) mass is 377 g/mol. The van der Waals surface area contributed by atoms with Crippen molar-refractivity contribution in [1.82, 2.24) is 0 Å². The van der Waals surface area contributed by atoms with Crippen LogP contribution >= 0.6 is 11.6 Å². The fraction of sp³-hybridized carbons (Fsp3) is 0.263. The Morgan fingerprint density at radius 1 is 1.12 bits per heavy atom. The van der Waals surface area contributed by atoms with Crippen LogP contribution in [0.5, 0.6) is 5.75 Å². The van der Waals surface area contributed by atoms with Crippen LogP contribution in [0, 0.1) is 0 Å². The molecule has 0 aliphatic heterocycles. The van der Waals surface area contributed by atoms with Gasteiger partial charge in [-0.3, -0.25) is 4.79 Å². The normalized spacial score (nSPS) is 11.5. The van der Waals surface area contributed by atoms with E-state index in [-0.39, 0.29) is 12.5 Å². The van der Waals surface area contributed by atoms with E-state index in [1.54, 1.807) is 48.5 Å². The van der Waals surface area contributed by atoms with Crippen LogP contribution in [0.3, 0.4) is 0 Å². The van der Waals surface area contributed by atoms with Crippen molar-refractivity contribution in [1.29, 1.82) is 0 Å². The lowest BCUT2D eigenvalue weighted by atomic mass is 10.2. The second-order valence-corrected chi connectivity index (χ2v) is 6.21. The summed E-state index contributed by atoms with van der Waals surface area (Å²) in [6, 6.07) is 13.9. The number of para-hydroxylation sites is 1. The number of halogens is 1. The summed E-state index contributed by atoms with van der Waals surface area (Å²) in [5.74, 6) is 0.0574. The Bertz CT molecular complexity index is 749. The number of likely N-dealkylation sites (N-methyl/N-ethyl adjacent to an activating group) is 1. The number of anilines is 1. The fourth-order valence-electron chi connectivity index (χ4n) is 2.31. The summed E-state index contributed by atoms with van der Waals surface area (Å²) in [6.45, 7) is 1.37. The number of nitrogens with one attached hydrogen (secondary N) is 2. The molecular formula is C19H22ClN2O4+. The molecule has 0 aliphatic rings. The maximum atomic E-state index is 12.2. The zero-order valence-electron chi connectivity index (χ0n) is 14.8. The molecule has 0 bridgehead atoms. The maximum absolute atomic E-state index is 12.2. The molecule has 7 heteroatoms. The molecule has 2 N–H and O–H groups in total. The van der Waals surface area contributed by atoms with E-state index in [0.29, 0.717) is 29.4 Å². The number of rotatable bonds is 8. The number of quaternary nitrogens is 1. The van der Waals surface area contributed by atoms with E-state index in [9.17, 15) is 9.59 Å². The molecule has 0 saturated heterocycles. The van der Waals surface area contributed by atoms with Crippen molar-refractivity contribution in [2.75, 3.05) is 39.2 Å². The highest BCUT2D eigenvalue weighted by molar-refractivity contribution is 6.30. The summed E-state index contributed by atoms with van der Waals surface area (Å²) >= 11 is 5.83. The van der Waals surface area contributed by atoms with Crippen molar-refractivity contribution in [3.8, 4) is 5.75 Å². The SMILES string of the molecule is COC(=O)c1ccccc1NC(=O)C[NH+](C)CCOc1ccc(Cl)cc1. The Labute approximate surface area is 157 Å². The summed E-state index contributed by atoms with van der Waals surface area (Å²) in [5.41, 5.74) is 0.765. The van der Waals surface area contributed by atoms with Crippen molar-refractivity contribution in [2.24, 2.45) is 0 Å². The van der Waals surface area contributed by atoms with Crippen LogP contribution in [0.2, 0.25) is 5.02 Å². The molecule has 6 nitrogen and oxygen atoms in total. The lowest BCUT2D eigenvalue weighted by Crippen LogP contribution is -3.10. The van der Waals surface area contributed by atoms with Crippen molar-refractivity contribution < 1.29 is 24.0 Å². The number of ether oxygens (including phenoxy) is 2. The number of carbonyl (C=O) groups excluding carboxylic acids is 2. The largest absolute Gasteiger partial charge is 0.488 e. The summed E-state index contributed by atoms with van der Waals surface area (Å²) in [5, 5.41) is 3.41. The first-order chi connectivity index (χ1) is 12.5. The Morgan fingerprint density at radius 3 is 2.50 bits per heavy atom. The highest BCUT2D eigenvalue weighted by atomic mass is 35.5. The van der Waals surface area contributed by atoms with Gasteiger partial charge in [0, 0.05) is 5.02 Å². The molecule has 1 unspecified atom stereocenters. The van der Waals surface area contributed by atoms with E-state index >= 15 is 0 Å². The van der Waals surface area contributed by atoms with Gasteiger partial charge >= 0.3 is 5.97 Å².